The number of nitrogens with two attached hydrogens (primary N) is 1. The molecular formula is C69H128NO8P. The van der Waals surface area contributed by atoms with E-state index in [1.807, 2.05) is 6.08 Å². The first kappa shape index (κ1) is 76.7. The average Bonchev–Trinajstić information content (AvgIpc) is 3.44. The summed E-state index contributed by atoms with van der Waals surface area (Å²) in [6.07, 6.45) is 83.7. The number of hydrogen-bond acceptors (Lipinski definition) is 8. The van der Waals surface area contributed by atoms with Crippen molar-refractivity contribution in [2.75, 3.05) is 26.4 Å². The van der Waals surface area contributed by atoms with Gasteiger partial charge >= 0.3 is 19.8 Å². The zero-order chi connectivity index (χ0) is 57.3. The quantitative estimate of drug-likeness (QED) is 0.0264. The standard InChI is InChI=1S/C69H128NO8P/c1-3-5-7-9-11-13-15-17-19-21-22-23-24-25-26-27-28-29-30-31-32-33-34-35-36-37-38-39-40-41-42-43-44-46-47-49-51-53-55-57-59-61-68(71)75-65-67(66-77-79(73,74)76-64-63-70)78-69(72)62-60-58-56-54-52-50-48-45-20-18-16-14-12-10-8-6-4-2/h6,8,12,14,18,20,48,50,54,56,67H,3-5,7,9-11,13,15-17,19,21-47,49,51-53,55,57-66,70H2,1-2H3,(H,73,74)/b8-6-,14-12-,20-18-,50-48-,56-54-. The van der Waals surface area contributed by atoms with Crippen molar-refractivity contribution < 1.29 is 37.6 Å². The van der Waals surface area contributed by atoms with Gasteiger partial charge in [0.2, 0.25) is 0 Å². The summed E-state index contributed by atoms with van der Waals surface area (Å²) >= 11 is 0. The summed E-state index contributed by atoms with van der Waals surface area (Å²) in [4.78, 5) is 35.2. The average molecular weight is 1130 g/mol. The second-order valence-corrected chi connectivity index (χ2v) is 24.1. The van der Waals surface area contributed by atoms with Gasteiger partial charge in [-0.25, -0.2) is 4.57 Å². The largest absolute Gasteiger partial charge is 0.472 e. The second-order valence-electron chi connectivity index (χ2n) is 22.7. The fourth-order valence-electron chi connectivity index (χ4n) is 9.97. The van der Waals surface area contributed by atoms with Crippen LogP contribution in [-0.4, -0.2) is 49.3 Å². The lowest BCUT2D eigenvalue weighted by Gasteiger charge is -2.19. The van der Waals surface area contributed by atoms with Gasteiger partial charge < -0.3 is 20.1 Å². The number of carbonyl (C=O) groups excluding carboxylic acids is 2. The van der Waals surface area contributed by atoms with Gasteiger partial charge in [0.1, 0.15) is 6.61 Å². The monoisotopic (exact) mass is 1130 g/mol. The lowest BCUT2D eigenvalue weighted by atomic mass is 10.0. The molecule has 0 amide bonds. The summed E-state index contributed by atoms with van der Waals surface area (Å²) < 4.78 is 33.0. The minimum absolute atomic E-state index is 0.0433. The van der Waals surface area contributed by atoms with E-state index in [-0.39, 0.29) is 32.6 Å². The molecule has 0 radical (unpaired) electrons. The van der Waals surface area contributed by atoms with Gasteiger partial charge in [0, 0.05) is 19.4 Å². The van der Waals surface area contributed by atoms with Crippen molar-refractivity contribution in [1.82, 2.24) is 0 Å². The Morgan fingerprint density at radius 1 is 0.392 bits per heavy atom. The molecule has 9 nitrogen and oxygen atoms in total. The fraction of sp³-hybridized carbons (Fsp3) is 0.826. The first-order valence-electron chi connectivity index (χ1n) is 33.8. The SMILES string of the molecule is CC/C=C\C/C=C\C/C=C\C/C=C\C/C=C\CCCC(=O)OC(COC(=O)CCCCCCCCCCCCCCCCCCCCCCCCCCCCCCCCCCCCCCCCCCC)COP(=O)(O)OCCN. The van der Waals surface area contributed by atoms with Crippen LogP contribution in [0.1, 0.15) is 335 Å². The van der Waals surface area contributed by atoms with Crippen molar-refractivity contribution in [3.05, 3.63) is 60.8 Å². The molecule has 79 heavy (non-hydrogen) atoms. The molecule has 0 aromatic heterocycles. The number of phosphoric acid groups is 1. The van der Waals surface area contributed by atoms with E-state index in [2.05, 4.69) is 68.5 Å². The van der Waals surface area contributed by atoms with Crippen molar-refractivity contribution in [2.24, 2.45) is 5.73 Å². The van der Waals surface area contributed by atoms with Crippen molar-refractivity contribution >= 4 is 19.8 Å². The van der Waals surface area contributed by atoms with Crippen LogP contribution in [0.25, 0.3) is 0 Å². The summed E-state index contributed by atoms with van der Waals surface area (Å²) in [5.74, 6) is -0.886. The van der Waals surface area contributed by atoms with Crippen LogP contribution in [0.4, 0.5) is 0 Å². The normalized spacial score (nSPS) is 13.3. The van der Waals surface area contributed by atoms with Crippen molar-refractivity contribution in [3.8, 4) is 0 Å². The van der Waals surface area contributed by atoms with Crippen molar-refractivity contribution in [3.63, 3.8) is 0 Å². The number of phosphoric ester groups is 1. The number of ether oxygens (including phenoxy) is 2. The molecule has 0 aromatic carbocycles. The van der Waals surface area contributed by atoms with E-state index in [9.17, 15) is 19.0 Å². The second kappa shape index (κ2) is 64.9. The Morgan fingerprint density at radius 3 is 1.03 bits per heavy atom. The van der Waals surface area contributed by atoms with Gasteiger partial charge in [-0.15, -0.1) is 0 Å². The predicted molar refractivity (Wildman–Crippen MR) is 340 cm³/mol. The third kappa shape index (κ3) is 64.7. The van der Waals surface area contributed by atoms with Crippen LogP contribution in [0, 0.1) is 0 Å². The Balaban J connectivity index is 3.74. The van der Waals surface area contributed by atoms with Crippen LogP contribution in [0.15, 0.2) is 60.8 Å². The molecule has 0 saturated heterocycles. The highest BCUT2D eigenvalue weighted by Gasteiger charge is 2.26. The van der Waals surface area contributed by atoms with Gasteiger partial charge in [-0.3, -0.25) is 18.6 Å². The van der Waals surface area contributed by atoms with Crippen LogP contribution in [0.2, 0.25) is 0 Å². The van der Waals surface area contributed by atoms with Gasteiger partial charge in [0.15, 0.2) is 6.10 Å². The van der Waals surface area contributed by atoms with Crippen LogP contribution in [-0.2, 0) is 32.7 Å². The van der Waals surface area contributed by atoms with E-state index in [0.717, 1.165) is 51.4 Å². The van der Waals surface area contributed by atoms with Gasteiger partial charge in [-0.1, -0.05) is 331 Å². The summed E-state index contributed by atoms with van der Waals surface area (Å²) in [5, 5.41) is 0. The highest BCUT2D eigenvalue weighted by molar-refractivity contribution is 7.47. The van der Waals surface area contributed by atoms with E-state index in [0.29, 0.717) is 12.8 Å². The molecule has 0 fully saturated rings. The highest BCUT2D eigenvalue weighted by atomic mass is 31.2. The molecule has 10 heteroatoms. The van der Waals surface area contributed by atoms with Gasteiger partial charge in [0.05, 0.1) is 13.2 Å². The molecule has 0 bridgehead atoms. The maximum atomic E-state index is 12.7. The van der Waals surface area contributed by atoms with Gasteiger partial charge in [-0.2, -0.15) is 0 Å². The molecule has 0 spiro atoms. The molecule has 0 aliphatic rings. The lowest BCUT2D eigenvalue weighted by molar-refractivity contribution is -0.161. The summed E-state index contributed by atoms with van der Waals surface area (Å²) in [7, 11) is -4.40. The van der Waals surface area contributed by atoms with Crippen LogP contribution in [0.3, 0.4) is 0 Å². The van der Waals surface area contributed by atoms with Crippen LogP contribution >= 0.6 is 7.82 Å². The van der Waals surface area contributed by atoms with E-state index in [1.165, 1.54) is 244 Å². The Morgan fingerprint density at radius 2 is 0.696 bits per heavy atom. The predicted octanol–water partition coefficient (Wildman–Crippen LogP) is 21.9. The maximum absolute atomic E-state index is 12.7. The zero-order valence-corrected chi connectivity index (χ0v) is 52.8. The van der Waals surface area contributed by atoms with E-state index < -0.39 is 32.5 Å². The third-order valence-electron chi connectivity index (χ3n) is 14.9. The smallest absolute Gasteiger partial charge is 0.462 e. The first-order valence-corrected chi connectivity index (χ1v) is 35.3. The van der Waals surface area contributed by atoms with Gasteiger partial charge in [0.25, 0.3) is 0 Å². The Kier molecular flexibility index (Phi) is 63.0. The highest BCUT2D eigenvalue weighted by Crippen LogP contribution is 2.43. The van der Waals surface area contributed by atoms with Crippen molar-refractivity contribution in [2.45, 2.75) is 341 Å². The Labute approximate surface area is 489 Å². The topological polar surface area (TPSA) is 134 Å². The lowest BCUT2D eigenvalue weighted by Crippen LogP contribution is -2.29. The zero-order valence-electron chi connectivity index (χ0n) is 51.9. The summed E-state index contributed by atoms with van der Waals surface area (Å²) in [6.45, 7) is 3.60. The molecule has 3 N–H and O–H groups in total. The van der Waals surface area contributed by atoms with Crippen LogP contribution in [0.5, 0.6) is 0 Å². The molecule has 0 rings (SSSR count). The third-order valence-corrected chi connectivity index (χ3v) is 15.9. The first-order chi connectivity index (χ1) is 38.8. The minimum Gasteiger partial charge on any atom is -0.462 e. The molecular weight excluding hydrogens is 1000 g/mol. The number of rotatable bonds is 64. The molecule has 0 saturated carbocycles. The number of esters is 2. The molecule has 0 heterocycles. The van der Waals surface area contributed by atoms with Crippen LogP contribution < -0.4 is 5.73 Å². The molecule has 0 aliphatic heterocycles. The minimum atomic E-state index is -4.40. The molecule has 0 aromatic rings. The summed E-state index contributed by atoms with van der Waals surface area (Å²) in [5.41, 5.74) is 5.38. The number of allylic oxidation sites excluding steroid dienone is 10. The Hall–Kier alpha value is -2.29. The molecule has 2 atom stereocenters. The maximum Gasteiger partial charge on any atom is 0.472 e. The Bertz CT molecular complexity index is 1480. The van der Waals surface area contributed by atoms with E-state index >= 15 is 0 Å². The van der Waals surface area contributed by atoms with Gasteiger partial charge in [-0.05, 0) is 51.4 Å². The molecule has 462 valence electrons. The molecule has 2 unspecified atom stereocenters. The summed E-state index contributed by atoms with van der Waals surface area (Å²) in [6, 6.07) is 0. The van der Waals surface area contributed by atoms with E-state index in [1.54, 1.807) is 0 Å². The molecule has 0 aliphatic carbocycles. The fourth-order valence-corrected chi connectivity index (χ4v) is 10.7. The number of unbranched alkanes of at least 4 members (excludes halogenated alkanes) is 41. The number of hydrogen-bond donors (Lipinski definition) is 2. The number of carbonyl (C=O) groups is 2. The van der Waals surface area contributed by atoms with E-state index in [4.69, 9.17) is 24.3 Å². The van der Waals surface area contributed by atoms with Crippen molar-refractivity contribution in [1.29, 1.82) is 0 Å².